The van der Waals surface area contributed by atoms with Gasteiger partial charge in [0.15, 0.2) is 11.1 Å². The first-order valence-corrected chi connectivity index (χ1v) is 6.18. The fourth-order valence-corrected chi connectivity index (χ4v) is 1.88. The highest BCUT2D eigenvalue weighted by atomic mass is 32.2. The van der Waals surface area contributed by atoms with Gasteiger partial charge >= 0.3 is 0 Å². The van der Waals surface area contributed by atoms with Gasteiger partial charge in [-0.15, -0.1) is 11.3 Å². The van der Waals surface area contributed by atoms with Gasteiger partial charge < -0.3 is 0 Å². The molecule has 0 saturated carbocycles. The number of hydrogen-bond donors (Lipinski definition) is 0. The lowest BCUT2D eigenvalue weighted by atomic mass is 10.3. The van der Waals surface area contributed by atoms with Gasteiger partial charge in [-0.1, -0.05) is 6.07 Å². The summed E-state index contributed by atoms with van der Waals surface area (Å²) in [7, 11) is 1.26. The van der Waals surface area contributed by atoms with Crippen LogP contribution < -0.4 is 0 Å². The Kier molecular flexibility index (Phi) is 5.03. The molecular weight excluding hydrogens is 250 g/mol. The first kappa shape index (κ1) is 12.8. The topological polar surface area (TPSA) is 69.4 Å². The molecule has 0 aliphatic heterocycles. The van der Waals surface area contributed by atoms with E-state index in [1.807, 2.05) is 5.38 Å². The molecule has 0 aliphatic rings. The summed E-state index contributed by atoms with van der Waals surface area (Å²) in [6, 6.07) is 3.56. The van der Waals surface area contributed by atoms with E-state index in [0.717, 1.165) is 10.3 Å². The predicted octanol–water partition coefficient (Wildman–Crippen LogP) is 2.19. The summed E-state index contributed by atoms with van der Waals surface area (Å²) in [6.07, 6.45) is 2.58. The zero-order valence-electron chi connectivity index (χ0n) is 8.36. The van der Waals surface area contributed by atoms with Gasteiger partial charge in [-0.25, -0.2) is 4.21 Å². The van der Waals surface area contributed by atoms with Crippen molar-refractivity contribution in [2.24, 2.45) is 0 Å². The normalized spacial score (nSPS) is 14.2. The third-order valence-electron chi connectivity index (χ3n) is 1.56. The van der Waals surface area contributed by atoms with Crippen LogP contribution >= 0.6 is 11.3 Å². The molecule has 16 heavy (non-hydrogen) atoms. The molecule has 0 fully saturated rings. The number of thiophene rings is 1. The molecule has 1 aromatic heterocycles. The Morgan fingerprint density at radius 2 is 2.44 bits per heavy atom. The smallest absolute Gasteiger partial charge is 0.271 e. The molecule has 0 radical (unpaired) electrons. The fourth-order valence-electron chi connectivity index (χ4n) is 0.862. The maximum Gasteiger partial charge on any atom is 0.271 e. The molecule has 0 bridgehead atoms. The van der Waals surface area contributed by atoms with Gasteiger partial charge in [0, 0.05) is 22.4 Å². The van der Waals surface area contributed by atoms with Crippen LogP contribution in [-0.4, -0.2) is 16.2 Å². The highest BCUT2D eigenvalue weighted by Crippen LogP contribution is 2.14. The number of nitrogens with zero attached hydrogens (tertiary/aromatic N) is 1. The van der Waals surface area contributed by atoms with Crippen molar-refractivity contribution in [1.82, 2.24) is 0 Å². The zero-order chi connectivity index (χ0) is 12.0. The molecule has 0 aromatic carbocycles. The fraction of sp³-hybridized carbons (Fsp3) is 0.111. The minimum Gasteiger partial charge on any atom is -0.291 e. The Morgan fingerprint density at radius 3 is 2.94 bits per heavy atom. The lowest BCUT2D eigenvalue weighted by Gasteiger charge is -1.91. The minimum atomic E-state index is -1.63. The predicted molar refractivity (Wildman–Crippen MR) is 63.6 cm³/mol. The van der Waals surface area contributed by atoms with Crippen LogP contribution in [0, 0.1) is 10.1 Å². The van der Waals surface area contributed by atoms with Gasteiger partial charge in [-0.3, -0.25) is 14.3 Å². The molecule has 0 N–H and O–H groups in total. The average molecular weight is 259 g/mol. The average Bonchev–Trinajstić information content (AvgIpc) is 2.75. The van der Waals surface area contributed by atoms with Crippen molar-refractivity contribution in [3.05, 3.63) is 49.7 Å². The van der Waals surface area contributed by atoms with Crippen LogP contribution in [0.4, 0.5) is 0 Å². The molecule has 1 unspecified atom stereocenters. The van der Waals surface area contributed by atoms with Crippen molar-refractivity contribution >= 4 is 28.5 Å². The largest absolute Gasteiger partial charge is 0.291 e. The van der Waals surface area contributed by atoms with Crippen LogP contribution in [0.5, 0.6) is 0 Å². The molecule has 1 atom stereocenters. The molecule has 5 nitrogen and oxygen atoms in total. The molecule has 0 spiro atoms. The van der Waals surface area contributed by atoms with Crippen molar-refractivity contribution < 1.29 is 13.3 Å². The Bertz CT molecular complexity index is 436. The quantitative estimate of drug-likeness (QED) is 0.461. The molecule has 1 rings (SSSR count). The highest BCUT2D eigenvalue weighted by Gasteiger charge is 2.07. The van der Waals surface area contributed by atoms with E-state index in [9.17, 15) is 14.3 Å². The summed E-state index contributed by atoms with van der Waals surface area (Å²) >= 11 is -0.248. The molecule has 0 aliphatic carbocycles. The van der Waals surface area contributed by atoms with Crippen molar-refractivity contribution in [2.45, 2.75) is 0 Å². The van der Waals surface area contributed by atoms with Crippen LogP contribution in [0.1, 0.15) is 4.88 Å². The third kappa shape index (κ3) is 4.05. The number of rotatable bonds is 5. The van der Waals surface area contributed by atoms with Crippen LogP contribution in [-0.2, 0) is 15.3 Å². The van der Waals surface area contributed by atoms with Crippen LogP contribution in [0.25, 0.3) is 6.08 Å². The van der Waals surface area contributed by atoms with Crippen molar-refractivity contribution in [1.29, 1.82) is 0 Å². The second kappa shape index (κ2) is 6.31. The lowest BCUT2D eigenvalue weighted by molar-refractivity contribution is -0.417. The highest BCUT2D eigenvalue weighted by molar-refractivity contribution is 7.83. The summed E-state index contributed by atoms with van der Waals surface area (Å²) in [5, 5.41) is 13.6. The molecule has 1 heterocycles. The van der Waals surface area contributed by atoms with E-state index in [4.69, 9.17) is 0 Å². The van der Waals surface area contributed by atoms with Crippen molar-refractivity contribution in [2.75, 3.05) is 7.11 Å². The zero-order valence-corrected chi connectivity index (χ0v) is 9.99. The SMILES string of the molecule is COS(=O)/C=C\C(=C\c1cccs1)[N+](=O)[O-]. The van der Waals surface area contributed by atoms with Gasteiger partial charge in [-0.05, 0) is 11.4 Å². The van der Waals surface area contributed by atoms with Gasteiger partial charge in [0.25, 0.3) is 5.70 Å². The number of hydrogen-bond acceptors (Lipinski definition) is 5. The van der Waals surface area contributed by atoms with Crippen LogP contribution in [0.3, 0.4) is 0 Å². The molecule has 0 saturated heterocycles. The van der Waals surface area contributed by atoms with Crippen LogP contribution in [0.15, 0.2) is 34.7 Å². The monoisotopic (exact) mass is 259 g/mol. The van der Waals surface area contributed by atoms with Crippen molar-refractivity contribution in [3.63, 3.8) is 0 Å². The summed E-state index contributed by atoms with van der Waals surface area (Å²) in [5.41, 5.74) is -0.132. The Labute approximate surface area is 98.9 Å². The van der Waals surface area contributed by atoms with E-state index >= 15 is 0 Å². The van der Waals surface area contributed by atoms with E-state index < -0.39 is 16.0 Å². The summed E-state index contributed by atoms with van der Waals surface area (Å²) in [6.45, 7) is 0. The number of nitro groups is 1. The minimum absolute atomic E-state index is 0.132. The first-order chi connectivity index (χ1) is 7.63. The summed E-state index contributed by atoms with van der Waals surface area (Å²) < 4.78 is 15.3. The Hall–Kier alpha value is -1.31. The van der Waals surface area contributed by atoms with Crippen molar-refractivity contribution in [3.8, 4) is 0 Å². The lowest BCUT2D eigenvalue weighted by Crippen LogP contribution is -1.95. The van der Waals surface area contributed by atoms with E-state index in [1.54, 1.807) is 12.1 Å². The van der Waals surface area contributed by atoms with E-state index in [-0.39, 0.29) is 5.70 Å². The van der Waals surface area contributed by atoms with Gasteiger partial charge in [0.05, 0.1) is 12.0 Å². The first-order valence-electron chi connectivity index (χ1n) is 4.16. The maximum atomic E-state index is 10.9. The van der Waals surface area contributed by atoms with Crippen LogP contribution in [0.2, 0.25) is 0 Å². The molecule has 1 aromatic rings. The summed E-state index contributed by atoms with van der Waals surface area (Å²) in [5.74, 6) is 0. The van der Waals surface area contributed by atoms with E-state index in [1.165, 1.54) is 30.6 Å². The van der Waals surface area contributed by atoms with Gasteiger partial charge in [0.2, 0.25) is 0 Å². The molecule has 86 valence electrons. The van der Waals surface area contributed by atoms with E-state index in [2.05, 4.69) is 4.18 Å². The number of allylic oxidation sites excluding steroid dienone is 1. The van der Waals surface area contributed by atoms with E-state index in [0.29, 0.717) is 0 Å². The maximum absolute atomic E-state index is 10.9. The van der Waals surface area contributed by atoms with Gasteiger partial charge in [0.1, 0.15) is 0 Å². The second-order valence-corrected chi connectivity index (χ2v) is 4.68. The Morgan fingerprint density at radius 1 is 1.69 bits per heavy atom. The second-order valence-electron chi connectivity index (χ2n) is 2.57. The molecule has 0 amide bonds. The molecule has 7 heteroatoms. The van der Waals surface area contributed by atoms with Gasteiger partial charge in [-0.2, -0.15) is 0 Å². The third-order valence-corrected chi connectivity index (χ3v) is 3.06. The Balaban J connectivity index is 2.88. The molecular formula is C9H9NO4S2. The summed E-state index contributed by atoms with van der Waals surface area (Å²) in [4.78, 5) is 10.9. The standard InChI is InChI=1S/C9H9NO4S2/c1-14-16(13)6-4-8(10(11)12)7-9-3-2-5-15-9/h2-7H,1H3/b6-4-,8-7-.